The molecule has 2 N–H and O–H groups in total. The molecule has 1 unspecified atom stereocenters. The van der Waals surface area contributed by atoms with Gasteiger partial charge in [-0.05, 0) is 36.4 Å². The van der Waals surface area contributed by atoms with Crippen LogP contribution in [0.25, 0.3) is 0 Å². The molecule has 2 aromatic carbocycles. The number of carbonyl (C=O) groups excluding carboxylic acids is 2. The summed E-state index contributed by atoms with van der Waals surface area (Å²) in [6.45, 7) is 0.633. The molecule has 0 fully saturated rings. The van der Waals surface area contributed by atoms with Gasteiger partial charge in [-0.3, -0.25) is 9.59 Å². The van der Waals surface area contributed by atoms with Crippen molar-refractivity contribution in [1.29, 1.82) is 0 Å². The summed E-state index contributed by atoms with van der Waals surface area (Å²) in [5, 5.41) is 5.41. The number of thioether (sulfide) groups is 2. The SMILES string of the molecule is O=C(CC1Sc2ccccc2NC1=O)NCCCSc1ccccc1. The van der Waals surface area contributed by atoms with Crippen LogP contribution in [0.1, 0.15) is 12.8 Å². The van der Waals surface area contributed by atoms with E-state index in [9.17, 15) is 9.59 Å². The van der Waals surface area contributed by atoms with E-state index in [1.807, 2.05) is 42.5 Å². The molecule has 1 heterocycles. The van der Waals surface area contributed by atoms with Gasteiger partial charge in [0.15, 0.2) is 0 Å². The Bertz CT molecular complexity index is 737. The van der Waals surface area contributed by atoms with Crippen LogP contribution in [0, 0.1) is 0 Å². The molecule has 2 amide bonds. The summed E-state index contributed by atoms with van der Waals surface area (Å²) in [6, 6.07) is 17.9. The van der Waals surface area contributed by atoms with Crippen molar-refractivity contribution in [2.75, 3.05) is 17.6 Å². The van der Waals surface area contributed by atoms with Crippen molar-refractivity contribution in [2.24, 2.45) is 0 Å². The van der Waals surface area contributed by atoms with E-state index in [4.69, 9.17) is 0 Å². The molecule has 0 radical (unpaired) electrons. The fourth-order valence-electron chi connectivity index (χ4n) is 2.47. The third-order valence-corrected chi connectivity index (χ3v) is 6.11. The first-order valence-corrected chi connectivity index (χ1v) is 10.1. The third kappa shape index (κ3) is 5.28. The average molecular weight is 373 g/mol. The number of benzene rings is 2. The van der Waals surface area contributed by atoms with Crippen molar-refractivity contribution in [3.8, 4) is 0 Å². The lowest BCUT2D eigenvalue weighted by atomic mass is 10.2. The fourth-order valence-corrected chi connectivity index (χ4v) is 4.46. The van der Waals surface area contributed by atoms with Crippen LogP contribution >= 0.6 is 23.5 Å². The van der Waals surface area contributed by atoms with Crippen molar-refractivity contribution in [3.05, 3.63) is 54.6 Å². The van der Waals surface area contributed by atoms with Gasteiger partial charge in [-0.2, -0.15) is 0 Å². The summed E-state index contributed by atoms with van der Waals surface area (Å²) in [5.74, 6) is 0.784. The normalized spacial score (nSPS) is 16.0. The Kier molecular flexibility index (Phi) is 6.42. The van der Waals surface area contributed by atoms with Gasteiger partial charge in [0, 0.05) is 22.8 Å². The molecule has 0 aromatic heterocycles. The number of amides is 2. The Morgan fingerprint density at radius 2 is 1.88 bits per heavy atom. The monoisotopic (exact) mass is 372 g/mol. The molecule has 1 aliphatic rings. The van der Waals surface area contributed by atoms with E-state index < -0.39 is 0 Å². The molecule has 0 spiro atoms. The molecule has 6 heteroatoms. The number of nitrogens with one attached hydrogen (secondary N) is 2. The molecule has 130 valence electrons. The number of para-hydroxylation sites is 1. The summed E-state index contributed by atoms with van der Waals surface area (Å²) in [7, 11) is 0. The van der Waals surface area contributed by atoms with Gasteiger partial charge in [0.25, 0.3) is 0 Å². The maximum atomic E-state index is 12.1. The summed E-state index contributed by atoms with van der Waals surface area (Å²) in [4.78, 5) is 26.5. The molecule has 1 aliphatic heterocycles. The molecule has 3 rings (SSSR count). The van der Waals surface area contributed by atoms with Gasteiger partial charge >= 0.3 is 0 Å². The van der Waals surface area contributed by atoms with Crippen LogP contribution < -0.4 is 10.6 Å². The quantitative estimate of drug-likeness (QED) is 0.573. The van der Waals surface area contributed by atoms with Crippen LogP contribution in [0.5, 0.6) is 0 Å². The second kappa shape index (κ2) is 8.97. The van der Waals surface area contributed by atoms with E-state index in [2.05, 4.69) is 22.8 Å². The zero-order valence-electron chi connectivity index (χ0n) is 13.7. The van der Waals surface area contributed by atoms with Crippen molar-refractivity contribution >= 4 is 41.0 Å². The van der Waals surface area contributed by atoms with E-state index >= 15 is 0 Å². The molecule has 1 atom stereocenters. The Labute approximate surface area is 156 Å². The number of rotatable bonds is 7. The molecule has 0 saturated heterocycles. The first-order chi connectivity index (χ1) is 12.2. The lowest BCUT2D eigenvalue weighted by Crippen LogP contribution is -2.35. The van der Waals surface area contributed by atoms with E-state index in [0.29, 0.717) is 6.54 Å². The topological polar surface area (TPSA) is 58.2 Å². The highest BCUT2D eigenvalue weighted by molar-refractivity contribution is 8.01. The second-order valence-electron chi connectivity index (χ2n) is 5.66. The van der Waals surface area contributed by atoms with E-state index in [0.717, 1.165) is 22.8 Å². The molecular weight excluding hydrogens is 352 g/mol. The number of carbonyl (C=O) groups is 2. The van der Waals surface area contributed by atoms with Crippen molar-refractivity contribution < 1.29 is 9.59 Å². The first kappa shape index (κ1) is 17.9. The van der Waals surface area contributed by atoms with Crippen LogP contribution in [-0.2, 0) is 9.59 Å². The summed E-state index contributed by atoms with van der Waals surface area (Å²) < 4.78 is 0. The highest BCUT2D eigenvalue weighted by atomic mass is 32.2. The molecule has 4 nitrogen and oxygen atoms in total. The van der Waals surface area contributed by atoms with Gasteiger partial charge in [0.1, 0.15) is 0 Å². The predicted molar refractivity (Wildman–Crippen MR) is 104 cm³/mol. The van der Waals surface area contributed by atoms with Gasteiger partial charge in [-0.15, -0.1) is 23.5 Å². The minimum atomic E-state index is -0.367. The Balaban J connectivity index is 1.37. The second-order valence-corrected chi connectivity index (χ2v) is 8.07. The summed E-state index contributed by atoms with van der Waals surface area (Å²) >= 11 is 3.24. The average Bonchev–Trinajstić information content (AvgIpc) is 2.63. The Morgan fingerprint density at radius 3 is 2.72 bits per heavy atom. The van der Waals surface area contributed by atoms with Crippen LogP contribution in [-0.4, -0.2) is 29.4 Å². The molecule has 2 aromatic rings. The minimum absolute atomic E-state index is 0.0725. The Hall–Kier alpha value is -1.92. The zero-order valence-corrected chi connectivity index (χ0v) is 15.4. The smallest absolute Gasteiger partial charge is 0.238 e. The first-order valence-electron chi connectivity index (χ1n) is 8.23. The number of fused-ring (bicyclic) bond motifs is 1. The van der Waals surface area contributed by atoms with Crippen LogP contribution in [0.3, 0.4) is 0 Å². The predicted octanol–water partition coefficient (Wildman–Crippen LogP) is 3.79. The van der Waals surface area contributed by atoms with Gasteiger partial charge in [0.2, 0.25) is 11.8 Å². The lowest BCUT2D eigenvalue weighted by Gasteiger charge is -2.23. The highest BCUT2D eigenvalue weighted by Crippen LogP contribution is 2.36. The zero-order chi connectivity index (χ0) is 17.5. The van der Waals surface area contributed by atoms with Gasteiger partial charge in [-0.25, -0.2) is 0 Å². The number of hydrogen-bond donors (Lipinski definition) is 2. The maximum Gasteiger partial charge on any atom is 0.238 e. The van der Waals surface area contributed by atoms with Gasteiger partial charge < -0.3 is 10.6 Å². The van der Waals surface area contributed by atoms with Crippen LogP contribution in [0.2, 0.25) is 0 Å². The number of anilines is 1. The van der Waals surface area contributed by atoms with Gasteiger partial charge in [-0.1, -0.05) is 30.3 Å². The van der Waals surface area contributed by atoms with Crippen molar-refractivity contribution in [1.82, 2.24) is 5.32 Å². The third-order valence-electron chi connectivity index (χ3n) is 3.73. The lowest BCUT2D eigenvalue weighted by molar-refractivity contribution is -0.124. The molecule has 0 saturated carbocycles. The van der Waals surface area contributed by atoms with E-state index in [1.165, 1.54) is 16.7 Å². The van der Waals surface area contributed by atoms with Crippen molar-refractivity contribution in [3.63, 3.8) is 0 Å². The summed E-state index contributed by atoms with van der Waals surface area (Å²) in [5.41, 5.74) is 0.826. The largest absolute Gasteiger partial charge is 0.356 e. The van der Waals surface area contributed by atoms with Crippen LogP contribution in [0.4, 0.5) is 5.69 Å². The maximum absolute atomic E-state index is 12.1. The molecule has 0 aliphatic carbocycles. The Morgan fingerprint density at radius 1 is 1.12 bits per heavy atom. The highest BCUT2D eigenvalue weighted by Gasteiger charge is 2.28. The minimum Gasteiger partial charge on any atom is -0.356 e. The molecule has 25 heavy (non-hydrogen) atoms. The van der Waals surface area contributed by atoms with E-state index in [-0.39, 0.29) is 23.5 Å². The fraction of sp³-hybridized carbons (Fsp3) is 0.263. The standard InChI is InChI=1S/C19H20N2O2S2/c22-18(20-11-6-12-24-14-7-2-1-3-8-14)13-17-19(23)21-15-9-4-5-10-16(15)25-17/h1-5,7-10,17H,6,11-13H2,(H,20,22)(H,21,23). The van der Waals surface area contributed by atoms with Gasteiger partial charge in [0.05, 0.1) is 10.9 Å². The van der Waals surface area contributed by atoms with Crippen molar-refractivity contribution in [2.45, 2.75) is 27.9 Å². The summed E-state index contributed by atoms with van der Waals surface area (Å²) in [6.07, 6.45) is 1.11. The van der Waals surface area contributed by atoms with Crippen LogP contribution in [0.15, 0.2) is 64.4 Å². The number of hydrogen-bond acceptors (Lipinski definition) is 4. The molecule has 0 bridgehead atoms. The molecular formula is C19H20N2O2S2. The van der Waals surface area contributed by atoms with E-state index in [1.54, 1.807) is 11.8 Å².